The summed E-state index contributed by atoms with van der Waals surface area (Å²) in [6.07, 6.45) is 0.884. The lowest BCUT2D eigenvalue weighted by Crippen LogP contribution is -2.26. The normalized spacial score (nSPS) is 13.5. The standard InChI is InChI=1S/C16H33O5PS2Si/c1-7-19-16(23)24-15(13-25(4,5)6)11-10-14(17)12-22(18,20-8-2)21-9-3/h15H,7-13H2,1-6H3. The summed E-state index contributed by atoms with van der Waals surface area (Å²) in [7, 11) is -4.62. The average Bonchev–Trinajstić information content (AvgIpc) is 2.43. The highest BCUT2D eigenvalue weighted by Crippen LogP contribution is 2.48. The smallest absolute Gasteiger partial charge is 0.338 e. The predicted molar refractivity (Wildman–Crippen MR) is 114 cm³/mol. The Morgan fingerprint density at radius 3 is 2.12 bits per heavy atom. The van der Waals surface area contributed by atoms with Crippen LogP contribution in [0.25, 0.3) is 0 Å². The Kier molecular flexibility index (Phi) is 12.8. The minimum atomic E-state index is -3.31. The molecular formula is C16H33O5PS2Si. The fourth-order valence-corrected chi connectivity index (χ4v) is 8.57. The first-order chi connectivity index (χ1) is 11.5. The van der Waals surface area contributed by atoms with Crippen molar-refractivity contribution in [1.29, 1.82) is 0 Å². The van der Waals surface area contributed by atoms with Crippen LogP contribution >= 0.6 is 31.6 Å². The predicted octanol–water partition coefficient (Wildman–Crippen LogP) is 5.36. The first kappa shape index (κ1) is 25.3. The van der Waals surface area contributed by atoms with E-state index in [4.69, 9.17) is 26.0 Å². The highest BCUT2D eigenvalue weighted by atomic mass is 32.2. The van der Waals surface area contributed by atoms with Gasteiger partial charge in [-0.15, -0.1) is 0 Å². The summed E-state index contributed by atoms with van der Waals surface area (Å²) in [5.41, 5.74) is 0. The van der Waals surface area contributed by atoms with Crippen LogP contribution in [0.3, 0.4) is 0 Å². The van der Waals surface area contributed by atoms with Crippen LogP contribution in [0.5, 0.6) is 0 Å². The zero-order chi connectivity index (χ0) is 19.5. The molecule has 0 saturated carbocycles. The third-order valence-corrected chi connectivity index (χ3v) is 8.64. The van der Waals surface area contributed by atoms with Gasteiger partial charge in [0.05, 0.1) is 19.8 Å². The van der Waals surface area contributed by atoms with E-state index in [0.29, 0.717) is 23.8 Å². The molecule has 0 heterocycles. The highest BCUT2D eigenvalue weighted by Gasteiger charge is 2.29. The van der Waals surface area contributed by atoms with Crippen molar-refractivity contribution in [3.63, 3.8) is 0 Å². The highest BCUT2D eigenvalue weighted by molar-refractivity contribution is 8.23. The van der Waals surface area contributed by atoms with Gasteiger partial charge in [0.1, 0.15) is 11.9 Å². The summed E-state index contributed by atoms with van der Waals surface area (Å²) in [5.74, 6) is -0.0891. The molecule has 0 fully saturated rings. The van der Waals surface area contributed by atoms with Gasteiger partial charge in [0, 0.05) is 19.7 Å². The van der Waals surface area contributed by atoms with Crippen LogP contribution in [0.1, 0.15) is 33.6 Å². The maximum absolute atomic E-state index is 12.5. The van der Waals surface area contributed by atoms with Gasteiger partial charge in [0.15, 0.2) is 0 Å². The maximum Gasteiger partial charge on any atom is 0.338 e. The van der Waals surface area contributed by atoms with Gasteiger partial charge in [0.2, 0.25) is 4.38 Å². The topological polar surface area (TPSA) is 61.8 Å². The molecule has 0 aliphatic heterocycles. The molecule has 0 aromatic carbocycles. The number of hydrogen-bond donors (Lipinski definition) is 0. The molecule has 25 heavy (non-hydrogen) atoms. The fourth-order valence-electron chi connectivity index (χ4n) is 2.31. The van der Waals surface area contributed by atoms with E-state index in [0.717, 1.165) is 6.04 Å². The lowest BCUT2D eigenvalue weighted by Gasteiger charge is -2.24. The van der Waals surface area contributed by atoms with Gasteiger partial charge in [0.25, 0.3) is 0 Å². The van der Waals surface area contributed by atoms with Crippen LogP contribution in [-0.2, 0) is 23.1 Å². The van der Waals surface area contributed by atoms with Crippen LogP contribution in [0.2, 0.25) is 25.7 Å². The molecule has 0 aliphatic carbocycles. The molecule has 9 heteroatoms. The summed E-state index contributed by atoms with van der Waals surface area (Å²) in [4.78, 5) is 12.3. The maximum atomic E-state index is 12.5. The summed E-state index contributed by atoms with van der Waals surface area (Å²) in [5, 5.41) is 0.244. The van der Waals surface area contributed by atoms with E-state index in [-0.39, 0.29) is 30.4 Å². The van der Waals surface area contributed by atoms with Crippen molar-refractivity contribution in [2.24, 2.45) is 0 Å². The Morgan fingerprint density at radius 2 is 1.68 bits per heavy atom. The molecule has 5 nitrogen and oxygen atoms in total. The second kappa shape index (κ2) is 12.6. The zero-order valence-corrected chi connectivity index (χ0v) is 19.9. The van der Waals surface area contributed by atoms with Crippen molar-refractivity contribution < 1.29 is 23.1 Å². The number of Topliss-reactive ketones (excluding diaryl/α,β-unsaturated/α-hetero) is 1. The molecule has 1 unspecified atom stereocenters. The fraction of sp³-hybridized carbons (Fsp3) is 0.875. The molecule has 0 spiro atoms. The molecule has 0 N–H and O–H groups in total. The second-order valence-electron chi connectivity index (χ2n) is 6.87. The molecular weight excluding hydrogens is 395 g/mol. The van der Waals surface area contributed by atoms with E-state index >= 15 is 0 Å². The lowest BCUT2D eigenvalue weighted by atomic mass is 10.2. The summed E-state index contributed by atoms with van der Waals surface area (Å²) >= 11 is 6.78. The van der Waals surface area contributed by atoms with E-state index in [1.54, 1.807) is 13.8 Å². The van der Waals surface area contributed by atoms with Crippen molar-refractivity contribution in [3.8, 4) is 0 Å². The molecule has 0 amide bonds. The van der Waals surface area contributed by atoms with Crippen LogP contribution < -0.4 is 0 Å². The second-order valence-corrected chi connectivity index (χ2v) is 16.4. The van der Waals surface area contributed by atoms with E-state index in [1.807, 2.05) is 6.92 Å². The Morgan fingerprint density at radius 1 is 1.12 bits per heavy atom. The van der Waals surface area contributed by atoms with Gasteiger partial charge in [-0.1, -0.05) is 31.4 Å². The SMILES string of the molecule is CCOC(=S)SC(CCC(=O)CP(=O)(OCC)OCC)C[Si](C)(C)C. The Hall–Kier alpha value is 0.277. The van der Waals surface area contributed by atoms with E-state index in [1.165, 1.54) is 11.8 Å². The summed E-state index contributed by atoms with van der Waals surface area (Å²) in [6.45, 7) is 13.4. The van der Waals surface area contributed by atoms with Crippen LogP contribution in [-0.4, -0.2) is 49.5 Å². The molecule has 0 saturated heterocycles. The van der Waals surface area contributed by atoms with Crippen molar-refractivity contribution in [3.05, 3.63) is 0 Å². The van der Waals surface area contributed by atoms with E-state index in [9.17, 15) is 9.36 Å². The molecule has 0 aliphatic rings. The molecule has 1 atom stereocenters. The number of hydrogen-bond acceptors (Lipinski definition) is 7. The third kappa shape index (κ3) is 13.1. The third-order valence-electron chi connectivity index (χ3n) is 3.13. The largest absolute Gasteiger partial charge is 0.479 e. The number of carbonyl (C=O) groups is 1. The van der Waals surface area contributed by atoms with Crippen molar-refractivity contribution in [1.82, 2.24) is 0 Å². The van der Waals surface area contributed by atoms with Crippen LogP contribution in [0.4, 0.5) is 0 Å². The quantitative estimate of drug-likeness (QED) is 0.222. The van der Waals surface area contributed by atoms with E-state index < -0.39 is 15.7 Å². The number of ether oxygens (including phenoxy) is 1. The molecule has 0 bridgehead atoms. The van der Waals surface area contributed by atoms with Gasteiger partial charge in [-0.25, -0.2) is 0 Å². The molecule has 0 radical (unpaired) electrons. The van der Waals surface area contributed by atoms with Gasteiger partial charge in [-0.2, -0.15) is 0 Å². The number of thiocarbonyl (C=S) groups is 1. The minimum Gasteiger partial charge on any atom is -0.479 e. The van der Waals surface area contributed by atoms with Gasteiger partial charge < -0.3 is 13.8 Å². The van der Waals surface area contributed by atoms with Crippen molar-refractivity contribution >= 4 is 49.8 Å². The Labute approximate surface area is 163 Å². The van der Waals surface area contributed by atoms with E-state index in [2.05, 4.69) is 19.6 Å². The first-order valence-corrected chi connectivity index (χ1v) is 15.5. The van der Waals surface area contributed by atoms with Crippen LogP contribution in [0.15, 0.2) is 0 Å². The first-order valence-electron chi connectivity index (χ1n) is 8.78. The van der Waals surface area contributed by atoms with Crippen molar-refractivity contribution in [2.45, 2.75) is 64.5 Å². The monoisotopic (exact) mass is 428 g/mol. The molecule has 0 aromatic rings. The molecule has 148 valence electrons. The summed E-state index contributed by atoms with van der Waals surface area (Å²) < 4.78 is 28.8. The molecule has 0 rings (SSSR count). The lowest BCUT2D eigenvalue weighted by molar-refractivity contribution is -0.117. The minimum absolute atomic E-state index is 0.0891. The van der Waals surface area contributed by atoms with Gasteiger partial charge in [-0.05, 0) is 45.5 Å². The number of carbonyl (C=O) groups excluding carboxylic acids is 1. The van der Waals surface area contributed by atoms with Gasteiger partial charge in [-0.3, -0.25) is 9.36 Å². The zero-order valence-electron chi connectivity index (χ0n) is 16.3. The summed E-state index contributed by atoms with van der Waals surface area (Å²) in [6, 6.07) is 1.05. The Bertz CT molecular complexity index is 458. The van der Waals surface area contributed by atoms with Crippen LogP contribution in [0, 0.1) is 0 Å². The number of thioether (sulfide) groups is 1. The average molecular weight is 429 g/mol. The molecule has 0 aromatic heterocycles. The van der Waals surface area contributed by atoms with Crippen molar-refractivity contribution in [2.75, 3.05) is 26.0 Å². The number of ketones is 1. The number of rotatable bonds is 13. The Balaban J connectivity index is 4.71. The van der Waals surface area contributed by atoms with Gasteiger partial charge >= 0.3 is 7.60 Å².